The van der Waals surface area contributed by atoms with Crippen molar-refractivity contribution in [3.05, 3.63) is 46.8 Å². The van der Waals surface area contributed by atoms with Crippen molar-refractivity contribution in [2.45, 2.75) is 13.8 Å². The number of rotatable bonds is 3. The third-order valence-corrected chi connectivity index (χ3v) is 3.22. The molecule has 1 aromatic carbocycles. The van der Waals surface area contributed by atoms with E-state index in [1.807, 2.05) is 0 Å². The van der Waals surface area contributed by atoms with Crippen molar-refractivity contribution in [3.63, 3.8) is 0 Å². The number of hydrogen-bond acceptors (Lipinski definition) is 3. The molecule has 20 heavy (non-hydrogen) atoms. The Hall–Kier alpha value is -2.63. The zero-order valence-electron chi connectivity index (χ0n) is 11.5. The lowest BCUT2D eigenvalue weighted by atomic mass is 10.1. The Morgan fingerprint density at radius 2 is 1.95 bits per heavy atom. The van der Waals surface area contributed by atoms with Gasteiger partial charge in [-0.1, -0.05) is 12.1 Å². The SMILES string of the molecule is Cc1cccc(C(=O)O)c1NC(=O)c1cnn(C)c1C. The van der Waals surface area contributed by atoms with Crippen molar-refractivity contribution in [1.29, 1.82) is 0 Å². The van der Waals surface area contributed by atoms with Crippen LogP contribution in [0.1, 0.15) is 32.0 Å². The first kappa shape index (κ1) is 13.8. The first-order valence-electron chi connectivity index (χ1n) is 6.04. The summed E-state index contributed by atoms with van der Waals surface area (Å²) < 4.78 is 1.59. The average Bonchev–Trinajstić information content (AvgIpc) is 2.72. The Balaban J connectivity index is 2.38. The minimum absolute atomic E-state index is 0.0693. The van der Waals surface area contributed by atoms with Crippen molar-refractivity contribution < 1.29 is 14.7 Å². The van der Waals surface area contributed by atoms with Crippen LogP contribution in [0.15, 0.2) is 24.4 Å². The minimum Gasteiger partial charge on any atom is -0.478 e. The van der Waals surface area contributed by atoms with Crippen LogP contribution in [0.25, 0.3) is 0 Å². The van der Waals surface area contributed by atoms with Gasteiger partial charge in [0.2, 0.25) is 0 Å². The summed E-state index contributed by atoms with van der Waals surface area (Å²) in [4.78, 5) is 23.4. The van der Waals surface area contributed by atoms with Gasteiger partial charge >= 0.3 is 5.97 Å². The van der Waals surface area contributed by atoms with Crippen LogP contribution in [0, 0.1) is 13.8 Å². The fourth-order valence-corrected chi connectivity index (χ4v) is 1.91. The summed E-state index contributed by atoms with van der Waals surface area (Å²) in [7, 11) is 1.74. The number of carbonyl (C=O) groups is 2. The normalized spacial score (nSPS) is 10.3. The molecule has 0 saturated carbocycles. The fraction of sp³-hybridized carbons (Fsp3) is 0.214. The molecule has 2 N–H and O–H groups in total. The molecule has 0 aliphatic carbocycles. The number of aromatic carboxylic acids is 1. The molecule has 2 aromatic rings. The number of carboxylic acids is 1. The molecule has 0 saturated heterocycles. The van der Waals surface area contributed by atoms with Gasteiger partial charge in [-0.05, 0) is 25.5 Å². The van der Waals surface area contributed by atoms with E-state index in [4.69, 9.17) is 5.11 Å². The summed E-state index contributed by atoms with van der Waals surface area (Å²) in [6.07, 6.45) is 1.46. The second kappa shape index (κ2) is 5.16. The zero-order valence-corrected chi connectivity index (χ0v) is 11.5. The van der Waals surface area contributed by atoms with Gasteiger partial charge in [0, 0.05) is 12.7 Å². The van der Waals surface area contributed by atoms with Crippen LogP contribution in [0.5, 0.6) is 0 Å². The van der Waals surface area contributed by atoms with Crippen LogP contribution in [0.2, 0.25) is 0 Å². The highest BCUT2D eigenvalue weighted by Gasteiger charge is 2.18. The van der Waals surface area contributed by atoms with Crippen LogP contribution in [-0.2, 0) is 7.05 Å². The Labute approximate surface area is 116 Å². The second-order valence-electron chi connectivity index (χ2n) is 4.52. The van der Waals surface area contributed by atoms with Gasteiger partial charge in [0.15, 0.2) is 0 Å². The number of carboxylic acid groups (broad SMARTS) is 1. The lowest BCUT2D eigenvalue weighted by Crippen LogP contribution is -2.16. The molecule has 1 aromatic heterocycles. The molecule has 1 amide bonds. The van der Waals surface area contributed by atoms with Crippen LogP contribution < -0.4 is 5.32 Å². The molecule has 0 unspecified atom stereocenters. The van der Waals surface area contributed by atoms with E-state index < -0.39 is 5.97 Å². The molecule has 6 heteroatoms. The number of aromatic nitrogens is 2. The lowest BCUT2D eigenvalue weighted by molar-refractivity contribution is 0.0698. The fourth-order valence-electron chi connectivity index (χ4n) is 1.91. The average molecular weight is 273 g/mol. The number of nitrogens with one attached hydrogen (secondary N) is 1. The van der Waals surface area contributed by atoms with E-state index in [9.17, 15) is 9.59 Å². The molecule has 6 nitrogen and oxygen atoms in total. The van der Waals surface area contributed by atoms with E-state index in [-0.39, 0.29) is 11.5 Å². The van der Waals surface area contributed by atoms with E-state index in [0.717, 1.165) is 0 Å². The first-order valence-corrected chi connectivity index (χ1v) is 6.04. The number of para-hydroxylation sites is 1. The second-order valence-corrected chi connectivity index (χ2v) is 4.52. The molecule has 0 radical (unpaired) electrons. The van der Waals surface area contributed by atoms with Gasteiger partial charge in [0.1, 0.15) is 0 Å². The monoisotopic (exact) mass is 273 g/mol. The summed E-state index contributed by atoms with van der Waals surface area (Å²) in [5.41, 5.74) is 2.22. The third kappa shape index (κ3) is 2.40. The standard InChI is InChI=1S/C14H15N3O3/c1-8-5-4-6-10(14(19)20)12(8)16-13(18)11-7-15-17(3)9(11)2/h4-7H,1-3H3,(H,16,18)(H,19,20). The van der Waals surface area contributed by atoms with E-state index in [1.54, 1.807) is 37.7 Å². The molecule has 0 aliphatic rings. The van der Waals surface area contributed by atoms with Crippen molar-refractivity contribution in [3.8, 4) is 0 Å². The Bertz CT molecular complexity index is 689. The minimum atomic E-state index is -1.08. The number of nitrogens with zero attached hydrogens (tertiary/aromatic N) is 2. The molecule has 104 valence electrons. The van der Waals surface area contributed by atoms with Crippen LogP contribution in [0.3, 0.4) is 0 Å². The molecule has 0 bridgehead atoms. The summed E-state index contributed by atoms with van der Waals surface area (Å²) >= 11 is 0. The maximum absolute atomic E-state index is 12.2. The third-order valence-electron chi connectivity index (χ3n) is 3.22. The first-order chi connectivity index (χ1) is 9.41. The van der Waals surface area contributed by atoms with Crippen molar-refractivity contribution in [2.75, 3.05) is 5.32 Å². The van der Waals surface area contributed by atoms with Crippen LogP contribution in [-0.4, -0.2) is 26.8 Å². The molecule has 1 heterocycles. The number of anilines is 1. The topological polar surface area (TPSA) is 84.2 Å². The van der Waals surface area contributed by atoms with Gasteiger partial charge in [-0.3, -0.25) is 9.48 Å². The van der Waals surface area contributed by atoms with Gasteiger partial charge in [-0.2, -0.15) is 5.10 Å². The maximum Gasteiger partial charge on any atom is 0.337 e. The summed E-state index contributed by atoms with van der Waals surface area (Å²) in [6.45, 7) is 3.52. The number of amides is 1. The van der Waals surface area contributed by atoms with Gasteiger partial charge in [0.25, 0.3) is 5.91 Å². The molecule has 0 atom stereocenters. The largest absolute Gasteiger partial charge is 0.478 e. The van der Waals surface area contributed by atoms with Gasteiger partial charge < -0.3 is 10.4 Å². The highest BCUT2D eigenvalue weighted by atomic mass is 16.4. The molecule has 0 spiro atoms. The van der Waals surface area contributed by atoms with E-state index >= 15 is 0 Å². The molecular weight excluding hydrogens is 258 g/mol. The van der Waals surface area contributed by atoms with E-state index in [0.29, 0.717) is 22.5 Å². The predicted molar refractivity (Wildman–Crippen MR) is 74.0 cm³/mol. The molecule has 2 rings (SSSR count). The quantitative estimate of drug-likeness (QED) is 0.895. The number of benzene rings is 1. The lowest BCUT2D eigenvalue weighted by Gasteiger charge is -2.11. The number of aryl methyl sites for hydroxylation is 2. The van der Waals surface area contributed by atoms with Crippen LogP contribution >= 0.6 is 0 Å². The Morgan fingerprint density at radius 1 is 1.25 bits per heavy atom. The molecule has 0 fully saturated rings. The Morgan fingerprint density at radius 3 is 2.50 bits per heavy atom. The maximum atomic E-state index is 12.2. The number of carbonyl (C=O) groups excluding carboxylic acids is 1. The Kier molecular flexibility index (Phi) is 3.56. The van der Waals surface area contributed by atoms with Crippen LogP contribution in [0.4, 0.5) is 5.69 Å². The van der Waals surface area contributed by atoms with Crippen molar-refractivity contribution in [1.82, 2.24) is 9.78 Å². The number of hydrogen-bond donors (Lipinski definition) is 2. The summed E-state index contributed by atoms with van der Waals surface area (Å²) in [5, 5.41) is 15.8. The highest BCUT2D eigenvalue weighted by Crippen LogP contribution is 2.21. The van der Waals surface area contributed by atoms with Gasteiger partial charge in [-0.25, -0.2) is 4.79 Å². The van der Waals surface area contributed by atoms with Crippen molar-refractivity contribution in [2.24, 2.45) is 7.05 Å². The van der Waals surface area contributed by atoms with Crippen molar-refractivity contribution >= 4 is 17.6 Å². The van der Waals surface area contributed by atoms with E-state index in [2.05, 4.69) is 10.4 Å². The summed E-state index contributed by atoms with van der Waals surface area (Å²) in [5.74, 6) is -1.45. The van der Waals surface area contributed by atoms with Gasteiger partial charge in [-0.15, -0.1) is 0 Å². The smallest absolute Gasteiger partial charge is 0.337 e. The summed E-state index contributed by atoms with van der Waals surface area (Å²) in [6, 6.07) is 4.85. The molecule has 0 aliphatic heterocycles. The molecular formula is C14H15N3O3. The van der Waals surface area contributed by atoms with E-state index in [1.165, 1.54) is 12.3 Å². The van der Waals surface area contributed by atoms with Gasteiger partial charge in [0.05, 0.1) is 23.0 Å². The zero-order chi connectivity index (χ0) is 14.9. The highest BCUT2D eigenvalue weighted by molar-refractivity contribution is 6.08. The predicted octanol–water partition coefficient (Wildman–Crippen LogP) is 1.99.